The number of ether oxygens (including phenoxy) is 1. The Bertz CT molecular complexity index is 650. The second kappa shape index (κ2) is 6.29. The van der Waals surface area contributed by atoms with Crippen molar-refractivity contribution in [2.75, 3.05) is 25.6 Å². The third kappa shape index (κ3) is 3.72. The van der Waals surface area contributed by atoms with Gasteiger partial charge in [-0.15, -0.1) is 0 Å². The smallest absolute Gasteiger partial charge is 0.238 e. The number of hydrogen-bond donors (Lipinski definition) is 3. The molecule has 7 nitrogen and oxygen atoms in total. The third-order valence-electron chi connectivity index (χ3n) is 3.31. The Morgan fingerprint density at radius 1 is 1.43 bits per heavy atom. The lowest BCUT2D eigenvalue weighted by Crippen LogP contribution is -2.39. The Morgan fingerprint density at radius 3 is 2.76 bits per heavy atom. The van der Waals surface area contributed by atoms with E-state index in [-0.39, 0.29) is 33.5 Å². The van der Waals surface area contributed by atoms with Gasteiger partial charge in [-0.3, -0.25) is 4.79 Å². The van der Waals surface area contributed by atoms with E-state index in [2.05, 4.69) is 10.6 Å². The summed E-state index contributed by atoms with van der Waals surface area (Å²) in [5.74, 6) is -0.662. The van der Waals surface area contributed by atoms with Crippen LogP contribution < -0.4 is 15.8 Å². The number of rotatable bonds is 4. The number of primary sulfonamides is 1. The lowest BCUT2D eigenvalue weighted by Gasteiger charge is -2.17. The zero-order valence-corrected chi connectivity index (χ0v) is 12.9. The highest BCUT2D eigenvalue weighted by Gasteiger charge is 2.33. The van der Waals surface area contributed by atoms with Crippen LogP contribution in [-0.2, 0) is 19.6 Å². The number of anilines is 1. The molecule has 116 valence electrons. The predicted octanol–water partition coefficient (Wildman–Crippen LogP) is 0.160. The summed E-state index contributed by atoms with van der Waals surface area (Å²) in [6.07, 6.45) is 0. The lowest BCUT2D eigenvalue weighted by atomic mass is 10.0. The first-order valence-electron chi connectivity index (χ1n) is 6.21. The standard InChI is InChI=1S/C12H16ClN3O4S/c1-15-11-6-20-5-8(11)12(17)16-10-4-7(21(14,18)19)2-3-9(10)13/h2-4,8,11,15H,5-6H2,1H3,(H,16,17)(H2,14,18,19). The molecule has 0 aromatic heterocycles. The molecule has 1 heterocycles. The maximum absolute atomic E-state index is 12.2. The zero-order chi connectivity index (χ0) is 15.6. The van der Waals surface area contributed by atoms with E-state index >= 15 is 0 Å². The van der Waals surface area contributed by atoms with Crippen molar-refractivity contribution < 1.29 is 17.9 Å². The molecule has 9 heteroatoms. The number of nitrogens with two attached hydrogens (primary N) is 1. The van der Waals surface area contributed by atoms with Gasteiger partial charge in [0, 0.05) is 6.04 Å². The minimum atomic E-state index is -3.86. The van der Waals surface area contributed by atoms with Crippen molar-refractivity contribution in [2.24, 2.45) is 11.1 Å². The zero-order valence-electron chi connectivity index (χ0n) is 11.3. The average molecular weight is 334 g/mol. The van der Waals surface area contributed by atoms with Gasteiger partial charge in [0.2, 0.25) is 15.9 Å². The van der Waals surface area contributed by atoms with Crippen LogP contribution in [0.4, 0.5) is 5.69 Å². The molecule has 1 saturated heterocycles. The second-order valence-electron chi connectivity index (χ2n) is 4.72. The normalized spacial score (nSPS) is 22.2. The van der Waals surface area contributed by atoms with Crippen LogP contribution in [0.25, 0.3) is 0 Å². The summed E-state index contributed by atoms with van der Waals surface area (Å²) < 4.78 is 27.9. The van der Waals surface area contributed by atoms with Gasteiger partial charge in [0.1, 0.15) is 0 Å². The van der Waals surface area contributed by atoms with Crippen LogP contribution >= 0.6 is 11.6 Å². The summed E-state index contributed by atoms with van der Waals surface area (Å²) in [7, 11) is -2.12. The van der Waals surface area contributed by atoms with Gasteiger partial charge in [-0.05, 0) is 25.2 Å². The summed E-state index contributed by atoms with van der Waals surface area (Å²) in [5, 5.41) is 10.9. The van der Waals surface area contributed by atoms with E-state index in [1.165, 1.54) is 18.2 Å². The first kappa shape index (κ1) is 16.2. The molecule has 0 radical (unpaired) electrons. The molecule has 0 aliphatic carbocycles. The van der Waals surface area contributed by atoms with Crippen LogP contribution in [0.3, 0.4) is 0 Å². The molecule has 1 amide bonds. The van der Waals surface area contributed by atoms with E-state index in [0.717, 1.165) is 0 Å². The molecule has 1 fully saturated rings. The van der Waals surface area contributed by atoms with Crippen molar-refractivity contribution in [2.45, 2.75) is 10.9 Å². The van der Waals surface area contributed by atoms with Crippen LogP contribution in [0.5, 0.6) is 0 Å². The molecule has 0 spiro atoms. The predicted molar refractivity (Wildman–Crippen MR) is 78.6 cm³/mol. The Hall–Kier alpha value is -1.19. The molecule has 2 rings (SSSR count). The first-order valence-corrected chi connectivity index (χ1v) is 8.13. The molecule has 1 aromatic rings. The molecular weight excluding hydrogens is 318 g/mol. The van der Waals surface area contributed by atoms with Crippen LogP contribution in [0, 0.1) is 5.92 Å². The number of sulfonamides is 1. The van der Waals surface area contributed by atoms with E-state index in [1.54, 1.807) is 7.05 Å². The van der Waals surface area contributed by atoms with Gasteiger partial charge in [-0.2, -0.15) is 0 Å². The van der Waals surface area contributed by atoms with Crippen LogP contribution in [0.2, 0.25) is 5.02 Å². The molecule has 4 N–H and O–H groups in total. The number of amides is 1. The van der Waals surface area contributed by atoms with E-state index in [9.17, 15) is 13.2 Å². The Labute approximate surface area is 127 Å². The summed E-state index contributed by atoms with van der Waals surface area (Å²) in [6.45, 7) is 0.739. The fourth-order valence-corrected chi connectivity index (χ4v) is 2.80. The molecule has 2 unspecified atom stereocenters. The first-order chi connectivity index (χ1) is 9.82. The van der Waals surface area contributed by atoms with E-state index in [0.29, 0.717) is 13.2 Å². The average Bonchev–Trinajstić information content (AvgIpc) is 2.88. The number of hydrogen-bond acceptors (Lipinski definition) is 5. The Balaban J connectivity index is 2.21. The molecular formula is C12H16ClN3O4S. The van der Waals surface area contributed by atoms with Crippen LogP contribution in [0.1, 0.15) is 0 Å². The third-order valence-corrected chi connectivity index (χ3v) is 4.55. The monoisotopic (exact) mass is 333 g/mol. The molecule has 0 bridgehead atoms. The van der Waals surface area contributed by atoms with Gasteiger partial charge in [-0.25, -0.2) is 13.6 Å². The van der Waals surface area contributed by atoms with Gasteiger partial charge >= 0.3 is 0 Å². The molecule has 2 atom stereocenters. The fourth-order valence-electron chi connectivity index (χ4n) is 2.10. The maximum atomic E-state index is 12.2. The Kier molecular flexibility index (Phi) is 4.84. The SMILES string of the molecule is CNC1COCC1C(=O)Nc1cc(S(N)(=O)=O)ccc1Cl. The number of carbonyl (C=O) groups is 1. The molecule has 1 aliphatic heterocycles. The second-order valence-corrected chi connectivity index (χ2v) is 6.68. The maximum Gasteiger partial charge on any atom is 0.238 e. The van der Waals surface area contributed by atoms with Gasteiger partial charge < -0.3 is 15.4 Å². The largest absolute Gasteiger partial charge is 0.379 e. The highest BCUT2D eigenvalue weighted by Crippen LogP contribution is 2.26. The number of likely N-dealkylation sites (N-methyl/N-ethyl adjacent to an activating group) is 1. The topological polar surface area (TPSA) is 111 Å². The van der Waals surface area contributed by atoms with Crippen molar-refractivity contribution in [3.63, 3.8) is 0 Å². The van der Waals surface area contributed by atoms with Crippen molar-refractivity contribution in [3.05, 3.63) is 23.2 Å². The van der Waals surface area contributed by atoms with Gasteiger partial charge in [0.05, 0.1) is 34.7 Å². The molecule has 1 aliphatic rings. The highest BCUT2D eigenvalue weighted by molar-refractivity contribution is 7.89. The van der Waals surface area contributed by atoms with E-state index in [4.69, 9.17) is 21.5 Å². The summed E-state index contributed by atoms with van der Waals surface area (Å²) >= 11 is 5.97. The highest BCUT2D eigenvalue weighted by atomic mass is 35.5. The summed E-state index contributed by atoms with van der Waals surface area (Å²) in [4.78, 5) is 12.1. The number of benzene rings is 1. The molecule has 21 heavy (non-hydrogen) atoms. The van der Waals surface area contributed by atoms with Gasteiger partial charge in [0.15, 0.2) is 0 Å². The van der Waals surface area contributed by atoms with E-state index < -0.39 is 10.0 Å². The summed E-state index contributed by atoms with van der Waals surface area (Å²) in [5.41, 5.74) is 0.204. The van der Waals surface area contributed by atoms with Gasteiger partial charge in [-0.1, -0.05) is 11.6 Å². The van der Waals surface area contributed by atoms with Crippen molar-refractivity contribution in [1.29, 1.82) is 0 Å². The van der Waals surface area contributed by atoms with Crippen LogP contribution in [0.15, 0.2) is 23.1 Å². The quantitative estimate of drug-likeness (QED) is 0.727. The minimum Gasteiger partial charge on any atom is -0.379 e. The van der Waals surface area contributed by atoms with Gasteiger partial charge in [0.25, 0.3) is 0 Å². The minimum absolute atomic E-state index is 0.0924. The molecule has 0 saturated carbocycles. The van der Waals surface area contributed by atoms with E-state index in [1.807, 2.05) is 0 Å². The number of halogens is 1. The summed E-state index contributed by atoms with van der Waals surface area (Å²) in [6, 6.07) is 3.80. The Morgan fingerprint density at radius 2 is 2.14 bits per heavy atom. The molecule has 1 aromatic carbocycles. The van der Waals surface area contributed by atoms with Crippen molar-refractivity contribution in [3.8, 4) is 0 Å². The number of nitrogens with one attached hydrogen (secondary N) is 2. The fraction of sp³-hybridized carbons (Fsp3) is 0.417. The lowest BCUT2D eigenvalue weighted by molar-refractivity contribution is -0.120. The number of carbonyl (C=O) groups excluding carboxylic acids is 1. The van der Waals surface area contributed by atoms with Crippen molar-refractivity contribution in [1.82, 2.24) is 5.32 Å². The van der Waals surface area contributed by atoms with Crippen LogP contribution in [-0.4, -0.2) is 40.6 Å². The van der Waals surface area contributed by atoms with Crippen molar-refractivity contribution >= 4 is 33.2 Å².